The van der Waals surface area contributed by atoms with E-state index in [4.69, 9.17) is 10.5 Å². The lowest BCUT2D eigenvalue weighted by molar-refractivity contribution is 0.0601. The average molecular weight is 444 g/mol. The van der Waals surface area contributed by atoms with Crippen LogP contribution in [0, 0.1) is 13.8 Å². The van der Waals surface area contributed by atoms with Crippen molar-refractivity contribution in [1.82, 2.24) is 4.98 Å². The van der Waals surface area contributed by atoms with Crippen LogP contribution in [0.3, 0.4) is 0 Å². The second-order valence-electron chi connectivity index (χ2n) is 7.67. The number of carbonyl (C=O) groups excluding carboxylic acids is 2. The Morgan fingerprint density at radius 1 is 1.13 bits per heavy atom. The van der Waals surface area contributed by atoms with Crippen LogP contribution in [-0.4, -0.2) is 24.0 Å². The molecule has 0 aliphatic heterocycles. The van der Waals surface area contributed by atoms with Crippen molar-refractivity contribution < 1.29 is 14.3 Å². The molecule has 0 fully saturated rings. The molecule has 0 bridgehead atoms. The Bertz CT molecular complexity index is 1150. The van der Waals surface area contributed by atoms with E-state index in [1.54, 1.807) is 0 Å². The van der Waals surface area contributed by atoms with E-state index >= 15 is 0 Å². The van der Waals surface area contributed by atoms with Gasteiger partial charge >= 0.3 is 5.97 Å². The van der Waals surface area contributed by atoms with Crippen LogP contribution in [0.4, 0.5) is 10.7 Å². The third kappa shape index (κ3) is 3.70. The van der Waals surface area contributed by atoms with Gasteiger partial charge in [-0.1, -0.05) is 12.8 Å². The van der Waals surface area contributed by atoms with Gasteiger partial charge in [-0.3, -0.25) is 4.79 Å². The monoisotopic (exact) mass is 443 g/mol. The minimum Gasteiger partial charge on any atom is -0.465 e. The lowest BCUT2D eigenvalue weighted by atomic mass is 9.96. The van der Waals surface area contributed by atoms with Gasteiger partial charge < -0.3 is 15.8 Å². The number of carbonyl (C=O) groups is 2. The third-order valence-corrected chi connectivity index (χ3v) is 7.82. The highest BCUT2D eigenvalue weighted by Crippen LogP contribution is 2.39. The van der Waals surface area contributed by atoms with Gasteiger partial charge in [0, 0.05) is 16.0 Å². The Labute approximate surface area is 183 Å². The largest absolute Gasteiger partial charge is 0.465 e. The number of hydrogen-bond acceptors (Lipinski definition) is 7. The minimum atomic E-state index is -0.402. The first-order valence-corrected chi connectivity index (χ1v) is 11.7. The molecule has 3 heterocycles. The molecule has 0 saturated heterocycles. The molecule has 0 atom stereocenters. The fourth-order valence-corrected chi connectivity index (χ4v) is 6.51. The number of pyridine rings is 1. The molecule has 3 aromatic rings. The summed E-state index contributed by atoms with van der Waals surface area (Å²) in [5.74, 6) is -0.715. The molecule has 6 nitrogen and oxygen atoms in total. The number of methoxy groups -OCH3 is 1. The van der Waals surface area contributed by atoms with Crippen LogP contribution in [0.2, 0.25) is 0 Å². The van der Waals surface area contributed by atoms with Gasteiger partial charge in [0.25, 0.3) is 5.91 Å². The van der Waals surface area contributed by atoms with Crippen LogP contribution in [0.15, 0.2) is 6.07 Å². The van der Waals surface area contributed by atoms with Crippen LogP contribution in [0.5, 0.6) is 0 Å². The Morgan fingerprint density at radius 3 is 2.60 bits per heavy atom. The fourth-order valence-electron chi connectivity index (χ4n) is 4.12. The van der Waals surface area contributed by atoms with E-state index in [9.17, 15) is 9.59 Å². The van der Waals surface area contributed by atoms with Gasteiger partial charge in [-0.2, -0.15) is 0 Å². The van der Waals surface area contributed by atoms with E-state index in [2.05, 4.69) is 10.3 Å². The predicted molar refractivity (Wildman–Crippen MR) is 123 cm³/mol. The fraction of sp³-hybridized carbons (Fsp3) is 0.409. The van der Waals surface area contributed by atoms with E-state index in [0.717, 1.165) is 59.1 Å². The molecule has 4 rings (SSSR count). The van der Waals surface area contributed by atoms with Crippen LogP contribution >= 0.6 is 22.7 Å². The van der Waals surface area contributed by atoms with E-state index < -0.39 is 5.97 Å². The van der Waals surface area contributed by atoms with Gasteiger partial charge in [0.2, 0.25) is 0 Å². The number of nitrogens with one attached hydrogen (secondary N) is 1. The summed E-state index contributed by atoms with van der Waals surface area (Å²) in [6, 6.07) is 1.96. The molecule has 0 aromatic carbocycles. The van der Waals surface area contributed by atoms with Crippen molar-refractivity contribution in [2.24, 2.45) is 0 Å². The highest BCUT2D eigenvalue weighted by atomic mass is 32.1. The maximum atomic E-state index is 13.2. The molecule has 1 aliphatic carbocycles. The quantitative estimate of drug-likeness (QED) is 0.539. The van der Waals surface area contributed by atoms with Gasteiger partial charge in [-0.15, -0.1) is 22.7 Å². The van der Waals surface area contributed by atoms with Crippen molar-refractivity contribution in [3.63, 3.8) is 0 Å². The van der Waals surface area contributed by atoms with E-state index in [1.165, 1.54) is 41.1 Å². The normalized spacial score (nSPS) is 14.1. The Balaban J connectivity index is 1.74. The van der Waals surface area contributed by atoms with Gasteiger partial charge in [0.15, 0.2) is 0 Å². The van der Waals surface area contributed by atoms with Crippen LogP contribution in [-0.2, 0) is 17.6 Å². The number of rotatable bonds is 3. The van der Waals surface area contributed by atoms with Crippen LogP contribution in [0.25, 0.3) is 10.2 Å². The summed E-state index contributed by atoms with van der Waals surface area (Å²) in [7, 11) is 1.38. The van der Waals surface area contributed by atoms with Crippen LogP contribution < -0.4 is 11.1 Å². The van der Waals surface area contributed by atoms with Gasteiger partial charge in [0.05, 0.1) is 18.4 Å². The smallest absolute Gasteiger partial charge is 0.341 e. The number of aryl methyl sites for hydroxylation is 3. The highest BCUT2D eigenvalue weighted by molar-refractivity contribution is 7.21. The summed E-state index contributed by atoms with van der Waals surface area (Å²) < 4.78 is 5.05. The summed E-state index contributed by atoms with van der Waals surface area (Å²) in [6.45, 7) is 3.89. The number of nitrogens with zero attached hydrogens (tertiary/aromatic N) is 1. The SMILES string of the molecule is COC(=O)c1c(NC(=O)c2sc3nc(C)cc(C)c3c2N)sc2c1CCCCCC2. The molecule has 0 spiro atoms. The molecule has 1 aliphatic rings. The molecule has 0 saturated carbocycles. The number of nitrogens with two attached hydrogens (primary N) is 1. The molecule has 1 amide bonds. The first kappa shape index (κ1) is 20.8. The molecule has 30 heavy (non-hydrogen) atoms. The Morgan fingerprint density at radius 2 is 1.87 bits per heavy atom. The number of esters is 1. The standard InChI is InChI=1S/C22H25N3O3S2/c1-11-10-12(2)24-20-15(11)17(23)18(30-20)19(26)25-21-16(22(27)28-3)13-8-6-4-5-7-9-14(13)29-21/h10H,4-9,23H2,1-3H3,(H,25,26). The molecule has 3 N–H and O–H groups in total. The second-order valence-corrected chi connectivity index (χ2v) is 9.78. The zero-order valence-electron chi connectivity index (χ0n) is 17.4. The Hall–Kier alpha value is -2.45. The number of amides is 1. The molecule has 0 radical (unpaired) electrons. The van der Waals surface area contributed by atoms with Crippen molar-refractivity contribution >= 4 is 55.5 Å². The predicted octanol–water partition coefficient (Wildman–Crippen LogP) is 5.25. The number of ether oxygens (including phenoxy) is 1. The summed E-state index contributed by atoms with van der Waals surface area (Å²) in [4.78, 5) is 32.6. The van der Waals surface area contributed by atoms with Gasteiger partial charge in [0.1, 0.15) is 14.7 Å². The lowest BCUT2D eigenvalue weighted by Crippen LogP contribution is -2.15. The average Bonchev–Trinajstić information content (AvgIpc) is 3.18. The molecular formula is C22H25N3O3S2. The number of fused-ring (bicyclic) bond motifs is 2. The lowest BCUT2D eigenvalue weighted by Gasteiger charge is -2.11. The number of thiophene rings is 2. The number of aromatic nitrogens is 1. The summed E-state index contributed by atoms with van der Waals surface area (Å²) >= 11 is 2.77. The van der Waals surface area contributed by atoms with E-state index in [1.807, 2.05) is 19.9 Å². The maximum absolute atomic E-state index is 13.2. The molecule has 0 unspecified atom stereocenters. The minimum absolute atomic E-state index is 0.313. The number of anilines is 2. The van der Waals surface area contributed by atoms with Crippen molar-refractivity contribution in [1.29, 1.82) is 0 Å². The van der Waals surface area contributed by atoms with Crippen LogP contribution in [0.1, 0.15) is 67.4 Å². The second kappa shape index (κ2) is 8.35. The molecule has 158 valence electrons. The summed E-state index contributed by atoms with van der Waals surface area (Å²) in [5, 5.41) is 4.33. The topological polar surface area (TPSA) is 94.3 Å². The van der Waals surface area contributed by atoms with Gasteiger partial charge in [-0.05, 0) is 56.7 Å². The zero-order chi connectivity index (χ0) is 21.4. The summed E-state index contributed by atoms with van der Waals surface area (Å²) in [6.07, 6.45) is 6.23. The molecule has 8 heteroatoms. The first-order valence-electron chi connectivity index (χ1n) is 10.1. The molecular weight excluding hydrogens is 418 g/mol. The van der Waals surface area contributed by atoms with E-state index in [0.29, 0.717) is 21.1 Å². The third-order valence-electron chi connectivity index (χ3n) is 5.52. The van der Waals surface area contributed by atoms with E-state index in [-0.39, 0.29) is 5.91 Å². The summed E-state index contributed by atoms with van der Waals surface area (Å²) in [5.41, 5.74) is 10.2. The van der Waals surface area contributed by atoms with Gasteiger partial charge in [-0.25, -0.2) is 9.78 Å². The van der Waals surface area contributed by atoms with Crippen molar-refractivity contribution in [2.75, 3.05) is 18.2 Å². The zero-order valence-corrected chi connectivity index (χ0v) is 19.0. The Kier molecular flexibility index (Phi) is 5.79. The van der Waals surface area contributed by atoms with Crippen molar-refractivity contribution in [3.8, 4) is 0 Å². The molecule has 3 aromatic heterocycles. The van der Waals surface area contributed by atoms with Crippen molar-refractivity contribution in [3.05, 3.63) is 38.2 Å². The number of nitrogen functional groups attached to an aromatic ring is 1. The van der Waals surface area contributed by atoms with Crippen molar-refractivity contribution in [2.45, 2.75) is 52.4 Å². The highest BCUT2D eigenvalue weighted by Gasteiger charge is 2.27. The number of hydrogen-bond donors (Lipinski definition) is 2. The maximum Gasteiger partial charge on any atom is 0.341 e. The first-order chi connectivity index (χ1) is 14.4.